The van der Waals surface area contributed by atoms with Crippen molar-refractivity contribution >= 4 is 34.1 Å². The number of aromatic amines is 1. The van der Waals surface area contributed by atoms with E-state index < -0.39 is 0 Å². The van der Waals surface area contributed by atoms with Crippen LogP contribution in [0.5, 0.6) is 0 Å². The molecule has 1 heterocycles. The fourth-order valence-corrected chi connectivity index (χ4v) is 2.12. The topological polar surface area (TPSA) is 83.8 Å². The van der Waals surface area contributed by atoms with E-state index in [0.29, 0.717) is 9.39 Å². The van der Waals surface area contributed by atoms with E-state index in [-0.39, 0.29) is 11.6 Å². The van der Waals surface area contributed by atoms with Crippen LogP contribution in [0.25, 0.3) is 0 Å². The standard InChI is InChI=1S/C12H13IN4O/c1-7(8-4-2-3-5-9(8)14)17-11-10(13)12(18)16-6-15-11/h2-7H,14H2,1H3,(H2,15,16,17,18). The maximum Gasteiger partial charge on any atom is 0.266 e. The van der Waals surface area contributed by atoms with Crippen LogP contribution in [0.3, 0.4) is 0 Å². The summed E-state index contributed by atoms with van der Waals surface area (Å²) in [4.78, 5) is 18.1. The number of H-pyrrole nitrogens is 1. The van der Waals surface area contributed by atoms with E-state index in [1.165, 1.54) is 6.33 Å². The highest BCUT2D eigenvalue weighted by molar-refractivity contribution is 14.1. The van der Waals surface area contributed by atoms with Gasteiger partial charge in [-0.15, -0.1) is 0 Å². The molecule has 0 amide bonds. The normalized spacial score (nSPS) is 12.1. The molecule has 2 aromatic rings. The Balaban J connectivity index is 2.27. The van der Waals surface area contributed by atoms with Crippen molar-refractivity contribution in [3.05, 3.63) is 50.1 Å². The first-order chi connectivity index (χ1) is 8.59. The lowest BCUT2D eigenvalue weighted by Crippen LogP contribution is -2.17. The summed E-state index contributed by atoms with van der Waals surface area (Å²) >= 11 is 1.97. The van der Waals surface area contributed by atoms with E-state index in [9.17, 15) is 4.79 Å². The molecule has 1 aromatic heterocycles. The molecule has 1 aromatic carbocycles. The van der Waals surface area contributed by atoms with Crippen LogP contribution in [0.1, 0.15) is 18.5 Å². The van der Waals surface area contributed by atoms with Gasteiger partial charge in [0, 0.05) is 5.69 Å². The minimum absolute atomic E-state index is 0.0194. The van der Waals surface area contributed by atoms with Crippen molar-refractivity contribution < 1.29 is 0 Å². The maximum absolute atomic E-state index is 11.5. The molecule has 5 nitrogen and oxygen atoms in total. The molecular weight excluding hydrogens is 343 g/mol. The highest BCUT2D eigenvalue weighted by atomic mass is 127. The Bertz CT molecular complexity index is 611. The molecule has 0 saturated carbocycles. The third kappa shape index (κ3) is 2.63. The second-order valence-electron chi connectivity index (χ2n) is 3.89. The molecule has 4 N–H and O–H groups in total. The molecule has 0 saturated heterocycles. The van der Waals surface area contributed by atoms with Crippen LogP contribution in [-0.2, 0) is 0 Å². The van der Waals surface area contributed by atoms with Crippen LogP contribution in [0.2, 0.25) is 0 Å². The lowest BCUT2D eigenvalue weighted by atomic mass is 10.1. The molecule has 1 unspecified atom stereocenters. The van der Waals surface area contributed by atoms with Crippen molar-refractivity contribution in [3.8, 4) is 0 Å². The molecule has 0 aliphatic carbocycles. The zero-order valence-electron chi connectivity index (χ0n) is 9.77. The van der Waals surface area contributed by atoms with Crippen molar-refractivity contribution in [2.75, 3.05) is 11.1 Å². The monoisotopic (exact) mass is 356 g/mol. The maximum atomic E-state index is 11.5. The average molecular weight is 356 g/mol. The van der Waals surface area contributed by atoms with Gasteiger partial charge in [-0.1, -0.05) is 18.2 Å². The number of rotatable bonds is 3. The molecule has 1 atom stereocenters. The molecule has 0 spiro atoms. The second kappa shape index (κ2) is 5.38. The molecule has 94 valence electrons. The van der Waals surface area contributed by atoms with E-state index in [4.69, 9.17) is 5.73 Å². The Labute approximate surface area is 118 Å². The molecule has 18 heavy (non-hydrogen) atoms. The molecule has 2 rings (SSSR count). The van der Waals surface area contributed by atoms with Crippen molar-refractivity contribution in [1.82, 2.24) is 9.97 Å². The van der Waals surface area contributed by atoms with Gasteiger partial charge in [-0.25, -0.2) is 4.98 Å². The highest BCUT2D eigenvalue weighted by Gasteiger charge is 2.12. The van der Waals surface area contributed by atoms with Gasteiger partial charge in [-0.3, -0.25) is 4.79 Å². The van der Waals surface area contributed by atoms with Gasteiger partial charge in [0.05, 0.1) is 12.4 Å². The summed E-state index contributed by atoms with van der Waals surface area (Å²) in [5.41, 5.74) is 7.46. The third-order valence-corrected chi connectivity index (χ3v) is 3.61. The van der Waals surface area contributed by atoms with Crippen LogP contribution in [0.15, 0.2) is 35.4 Å². The van der Waals surface area contributed by atoms with Gasteiger partial charge in [0.15, 0.2) is 0 Å². The fourth-order valence-electron chi connectivity index (χ4n) is 1.67. The Kier molecular flexibility index (Phi) is 3.85. The molecule has 6 heteroatoms. The highest BCUT2D eigenvalue weighted by Crippen LogP contribution is 2.23. The van der Waals surface area contributed by atoms with Gasteiger partial charge < -0.3 is 16.0 Å². The largest absolute Gasteiger partial charge is 0.398 e. The first-order valence-electron chi connectivity index (χ1n) is 5.43. The summed E-state index contributed by atoms with van der Waals surface area (Å²) < 4.78 is 0.538. The zero-order valence-corrected chi connectivity index (χ0v) is 11.9. The summed E-state index contributed by atoms with van der Waals surface area (Å²) in [6, 6.07) is 7.60. The van der Waals surface area contributed by atoms with E-state index in [1.807, 2.05) is 53.8 Å². The number of hydrogen-bond donors (Lipinski definition) is 3. The van der Waals surface area contributed by atoms with Crippen molar-refractivity contribution in [3.63, 3.8) is 0 Å². The van der Waals surface area contributed by atoms with Crippen LogP contribution in [0, 0.1) is 3.57 Å². The van der Waals surface area contributed by atoms with Gasteiger partial charge in [0.2, 0.25) is 0 Å². The number of nitrogens with zero attached hydrogens (tertiary/aromatic N) is 1. The number of nitrogens with two attached hydrogens (primary N) is 1. The summed E-state index contributed by atoms with van der Waals surface area (Å²) in [6.07, 6.45) is 1.38. The molecule has 0 radical (unpaired) electrons. The average Bonchev–Trinajstić information content (AvgIpc) is 2.35. The molecule has 0 bridgehead atoms. The number of benzene rings is 1. The summed E-state index contributed by atoms with van der Waals surface area (Å²) in [5, 5.41) is 3.19. The summed E-state index contributed by atoms with van der Waals surface area (Å²) in [6.45, 7) is 1.98. The molecular formula is C12H13IN4O. The molecule has 0 aliphatic heterocycles. The summed E-state index contributed by atoms with van der Waals surface area (Å²) in [5.74, 6) is 0.565. The van der Waals surface area contributed by atoms with Crippen molar-refractivity contribution in [2.45, 2.75) is 13.0 Å². The smallest absolute Gasteiger partial charge is 0.266 e. The zero-order chi connectivity index (χ0) is 13.1. The SMILES string of the molecule is CC(Nc1nc[nH]c(=O)c1I)c1ccccc1N. The van der Waals surface area contributed by atoms with Crippen LogP contribution in [0.4, 0.5) is 11.5 Å². The second-order valence-corrected chi connectivity index (χ2v) is 4.97. The predicted octanol–water partition coefficient (Wildman–Crippen LogP) is 2.13. The van der Waals surface area contributed by atoms with Crippen LogP contribution >= 0.6 is 22.6 Å². The molecule has 0 aliphatic rings. The number of halogens is 1. The predicted molar refractivity (Wildman–Crippen MR) is 80.5 cm³/mol. The van der Waals surface area contributed by atoms with Gasteiger partial charge in [-0.2, -0.15) is 0 Å². The van der Waals surface area contributed by atoms with Gasteiger partial charge in [0.1, 0.15) is 9.39 Å². The number of para-hydroxylation sites is 1. The van der Waals surface area contributed by atoms with E-state index >= 15 is 0 Å². The van der Waals surface area contributed by atoms with E-state index in [1.54, 1.807) is 0 Å². The van der Waals surface area contributed by atoms with Crippen LogP contribution in [-0.4, -0.2) is 9.97 Å². The number of hydrogen-bond acceptors (Lipinski definition) is 4. The van der Waals surface area contributed by atoms with Gasteiger partial charge in [0.25, 0.3) is 5.56 Å². The van der Waals surface area contributed by atoms with E-state index in [0.717, 1.165) is 11.3 Å². The summed E-state index contributed by atoms with van der Waals surface area (Å²) in [7, 11) is 0. The Morgan fingerprint density at radius 3 is 2.89 bits per heavy atom. The fraction of sp³-hybridized carbons (Fsp3) is 0.167. The Hall–Kier alpha value is -1.57. The number of nitrogens with one attached hydrogen (secondary N) is 2. The van der Waals surface area contributed by atoms with E-state index in [2.05, 4.69) is 15.3 Å². The van der Waals surface area contributed by atoms with Gasteiger partial charge in [-0.05, 0) is 41.1 Å². The Morgan fingerprint density at radius 2 is 2.17 bits per heavy atom. The minimum atomic E-state index is -0.152. The quantitative estimate of drug-likeness (QED) is 0.581. The van der Waals surface area contributed by atoms with Gasteiger partial charge >= 0.3 is 0 Å². The number of anilines is 2. The van der Waals surface area contributed by atoms with Crippen molar-refractivity contribution in [1.29, 1.82) is 0 Å². The number of nitrogen functional groups attached to an aromatic ring is 1. The first kappa shape index (κ1) is 12.9. The number of aromatic nitrogens is 2. The minimum Gasteiger partial charge on any atom is -0.398 e. The van der Waals surface area contributed by atoms with Crippen molar-refractivity contribution in [2.24, 2.45) is 0 Å². The Morgan fingerprint density at radius 1 is 1.44 bits per heavy atom. The lowest BCUT2D eigenvalue weighted by molar-refractivity contribution is 0.870. The first-order valence-corrected chi connectivity index (χ1v) is 6.51. The molecule has 0 fully saturated rings. The lowest BCUT2D eigenvalue weighted by Gasteiger charge is -2.17. The van der Waals surface area contributed by atoms with Crippen LogP contribution < -0.4 is 16.6 Å². The third-order valence-electron chi connectivity index (χ3n) is 2.61.